The Balaban J connectivity index is 1.52. The highest BCUT2D eigenvalue weighted by Crippen LogP contribution is 2.40. The minimum absolute atomic E-state index is 0.314. The van der Waals surface area contributed by atoms with E-state index in [2.05, 4.69) is 17.6 Å². The van der Waals surface area contributed by atoms with Gasteiger partial charge in [-0.05, 0) is 51.0 Å². The van der Waals surface area contributed by atoms with Gasteiger partial charge in [-0.1, -0.05) is 6.92 Å². The molecule has 3 aliphatic rings. The zero-order valence-corrected chi connectivity index (χ0v) is 10.1. The van der Waals surface area contributed by atoms with Crippen molar-refractivity contribution in [2.24, 2.45) is 11.8 Å². The van der Waals surface area contributed by atoms with Crippen LogP contribution in [0.4, 0.5) is 0 Å². The van der Waals surface area contributed by atoms with Crippen LogP contribution in [-0.4, -0.2) is 24.0 Å². The van der Waals surface area contributed by atoms with Gasteiger partial charge in [-0.3, -0.25) is 4.79 Å². The first-order valence-electron chi connectivity index (χ1n) is 6.74. The Hall–Kier alpha value is -0.570. The summed E-state index contributed by atoms with van der Waals surface area (Å²) in [6.07, 6.45) is 7.32. The van der Waals surface area contributed by atoms with Crippen LogP contribution in [-0.2, 0) is 4.79 Å². The summed E-state index contributed by atoms with van der Waals surface area (Å²) in [5.41, 5.74) is 0.394. The molecule has 16 heavy (non-hydrogen) atoms. The van der Waals surface area contributed by atoms with Crippen LogP contribution in [0.3, 0.4) is 0 Å². The highest BCUT2D eigenvalue weighted by atomic mass is 16.2. The number of carbonyl (C=O) groups is 1. The van der Waals surface area contributed by atoms with Crippen molar-refractivity contribution in [2.45, 2.75) is 57.0 Å². The molecule has 2 N–H and O–H groups in total. The van der Waals surface area contributed by atoms with Gasteiger partial charge in [-0.2, -0.15) is 0 Å². The predicted molar refractivity (Wildman–Crippen MR) is 63.0 cm³/mol. The Kier molecular flexibility index (Phi) is 2.46. The van der Waals surface area contributed by atoms with E-state index < -0.39 is 0 Å². The maximum Gasteiger partial charge on any atom is 0.223 e. The first-order valence-corrected chi connectivity index (χ1v) is 6.74. The standard InChI is InChI=1S/C13H22N2O/c1-9-7-11(9)12(16)15-10-3-6-14-13(8-10)4-2-5-13/h9-11,14H,2-8H2,1H3,(H,15,16). The highest BCUT2D eigenvalue weighted by Gasteiger charge is 2.43. The fourth-order valence-corrected chi connectivity index (χ4v) is 3.26. The van der Waals surface area contributed by atoms with Crippen LogP contribution in [0.5, 0.6) is 0 Å². The van der Waals surface area contributed by atoms with Gasteiger partial charge >= 0.3 is 0 Å². The zero-order chi connectivity index (χ0) is 11.2. The zero-order valence-electron chi connectivity index (χ0n) is 10.1. The molecule has 1 aliphatic heterocycles. The van der Waals surface area contributed by atoms with Gasteiger partial charge in [0, 0.05) is 17.5 Å². The maximum atomic E-state index is 11.9. The first-order chi connectivity index (χ1) is 7.69. The summed E-state index contributed by atoms with van der Waals surface area (Å²) < 4.78 is 0. The minimum atomic E-state index is 0.314. The van der Waals surface area contributed by atoms with Crippen molar-refractivity contribution in [3.05, 3.63) is 0 Å². The fraction of sp³-hybridized carbons (Fsp3) is 0.923. The second-order valence-corrected chi connectivity index (χ2v) is 6.08. The molecule has 2 aliphatic carbocycles. The Labute approximate surface area is 97.4 Å². The number of nitrogens with one attached hydrogen (secondary N) is 2. The molecule has 3 heteroatoms. The average molecular weight is 222 g/mol. The van der Waals surface area contributed by atoms with E-state index in [9.17, 15) is 4.79 Å². The molecule has 90 valence electrons. The second-order valence-electron chi connectivity index (χ2n) is 6.08. The SMILES string of the molecule is CC1CC1C(=O)NC1CCNC2(CCC2)C1. The Morgan fingerprint density at radius 3 is 2.75 bits per heavy atom. The van der Waals surface area contributed by atoms with E-state index in [0.29, 0.717) is 29.3 Å². The number of hydrogen-bond donors (Lipinski definition) is 2. The lowest BCUT2D eigenvalue weighted by molar-refractivity contribution is -0.123. The van der Waals surface area contributed by atoms with Gasteiger partial charge in [0.05, 0.1) is 0 Å². The molecule has 3 unspecified atom stereocenters. The van der Waals surface area contributed by atoms with Crippen molar-refractivity contribution in [3.63, 3.8) is 0 Å². The summed E-state index contributed by atoms with van der Waals surface area (Å²) in [5.74, 6) is 1.26. The molecular formula is C13H22N2O. The third-order valence-corrected chi connectivity index (χ3v) is 4.73. The van der Waals surface area contributed by atoms with E-state index >= 15 is 0 Å². The highest BCUT2D eigenvalue weighted by molar-refractivity contribution is 5.81. The van der Waals surface area contributed by atoms with Gasteiger partial charge in [-0.15, -0.1) is 0 Å². The molecule has 3 rings (SSSR count). The van der Waals surface area contributed by atoms with E-state index in [1.165, 1.54) is 19.3 Å². The van der Waals surface area contributed by atoms with Crippen LogP contribution in [0.2, 0.25) is 0 Å². The molecule has 0 radical (unpaired) electrons. The van der Waals surface area contributed by atoms with Crippen LogP contribution in [0.1, 0.15) is 45.4 Å². The molecular weight excluding hydrogens is 200 g/mol. The number of carbonyl (C=O) groups excluding carboxylic acids is 1. The number of piperidine rings is 1. The topological polar surface area (TPSA) is 41.1 Å². The van der Waals surface area contributed by atoms with Gasteiger partial charge in [0.15, 0.2) is 0 Å². The van der Waals surface area contributed by atoms with Crippen molar-refractivity contribution in [1.29, 1.82) is 0 Å². The van der Waals surface area contributed by atoms with Crippen LogP contribution < -0.4 is 10.6 Å². The molecule has 0 aromatic carbocycles. The van der Waals surface area contributed by atoms with Crippen molar-refractivity contribution >= 4 is 5.91 Å². The lowest BCUT2D eigenvalue weighted by Crippen LogP contribution is -2.59. The van der Waals surface area contributed by atoms with Crippen LogP contribution in [0.15, 0.2) is 0 Å². The fourth-order valence-electron chi connectivity index (χ4n) is 3.26. The van der Waals surface area contributed by atoms with E-state index in [0.717, 1.165) is 25.8 Å². The number of rotatable bonds is 2. The molecule has 1 saturated heterocycles. The molecule has 2 saturated carbocycles. The minimum Gasteiger partial charge on any atom is -0.353 e. The van der Waals surface area contributed by atoms with E-state index in [1.807, 2.05) is 0 Å². The summed E-state index contributed by atoms with van der Waals surface area (Å²) in [5, 5.41) is 6.89. The molecule has 1 heterocycles. The van der Waals surface area contributed by atoms with E-state index in [4.69, 9.17) is 0 Å². The Morgan fingerprint density at radius 2 is 2.19 bits per heavy atom. The van der Waals surface area contributed by atoms with Crippen molar-refractivity contribution in [2.75, 3.05) is 6.54 Å². The van der Waals surface area contributed by atoms with Gasteiger partial charge in [-0.25, -0.2) is 0 Å². The molecule has 0 aromatic heterocycles. The van der Waals surface area contributed by atoms with Crippen molar-refractivity contribution < 1.29 is 4.79 Å². The molecule has 3 nitrogen and oxygen atoms in total. The van der Waals surface area contributed by atoms with Gasteiger partial charge in [0.2, 0.25) is 5.91 Å². The molecule has 1 spiro atoms. The van der Waals surface area contributed by atoms with E-state index in [1.54, 1.807) is 0 Å². The van der Waals surface area contributed by atoms with Crippen molar-refractivity contribution in [1.82, 2.24) is 10.6 Å². The van der Waals surface area contributed by atoms with Crippen LogP contribution in [0, 0.1) is 11.8 Å². The third-order valence-electron chi connectivity index (χ3n) is 4.73. The quantitative estimate of drug-likeness (QED) is 0.742. The molecule has 1 amide bonds. The summed E-state index contributed by atoms with van der Waals surface area (Å²) in [6, 6.07) is 0.432. The number of amides is 1. The monoisotopic (exact) mass is 222 g/mol. The third kappa shape index (κ3) is 1.86. The lowest BCUT2D eigenvalue weighted by Gasteiger charge is -2.48. The molecule has 3 atom stereocenters. The van der Waals surface area contributed by atoms with Crippen LogP contribution in [0.25, 0.3) is 0 Å². The summed E-state index contributed by atoms with van der Waals surface area (Å²) in [6.45, 7) is 3.24. The predicted octanol–water partition coefficient (Wildman–Crippen LogP) is 1.43. The normalized spacial score (nSPS) is 40.2. The Bertz CT molecular complexity index is 298. The summed E-state index contributed by atoms with van der Waals surface area (Å²) in [7, 11) is 0. The largest absolute Gasteiger partial charge is 0.353 e. The van der Waals surface area contributed by atoms with Crippen molar-refractivity contribution in [3.8, 4) is 0 Å². The molecule has 0 aromatic rings. The summed E-state index contributed by atoms with van der Waals surface area (Å²) in [4.78, 5) is 11.9. The number of hydrogen-bond acceptors (Lipinski definition) is 2. The lowest BCUT2D eigenvalue weighted by atomic mass is 9.70. The second kappa shape index (κ2) is 3.73. The maximum absolute atomic E-state index is 11.9. The smallest absolute Gasteiger partial charge is 0.223 e. The average Bonchev–Trinajstić information content (AvgIpc) is 2.94. The Morgan fingerprint density at radius 1 is 1.44 bits per heavy atom. The van der Waals surface area contributed by atoms with Gasteiger partial charge in [0.25, 0.3) is 0 Å². The molecule has 3 fully saturated rings. The van der Waals surface area contributed by atoms with E-state index in [-0.39, 0.29) is 0 Å². The first kappa shape index (κ1) is 10.6. The van der Waals surface area contributed by atoms with Gasteiger partial charge < -0.3 is 10.6 Å². The van der Waals surface area contributed by atoms with Crippen LogP contribution >= 0.6 is 0 Å². The van der Waals surface area contributed by atoms with Gasteiger partial charge in [0.1, 0.15) is 0 Å². The summed E-state index contributed by atoms with van der Waals surface area (Å²) >= 11 is 0. The molecule has 0 bridgehead atoms.